The van der Waals surface area contributed by atoms with E-state index < -0.39 is 18.5 Å². The maximum absolute atomic E-state index is 12.3. The number of amides is 2. The van der Waals surface area contributed by atoms with Gasteiger partial charge in [0.15, 0.2) is 12.4 Å². The molecule has 8 heteroatoms. The third-order valence-electron chi connectivity index (χ3n) is 4.63. The van der Waals surface area contributed by atoms with Crippen molar-refractivity contribution in [1.29, 1.82) is 0 Å². The van der Waals surface area contributed by atoms with Crippen molar-refractivity contribution in [3.05, 3.63) is 54.0 Å². The van der Waals surface area contributed by atoms with Crippen molar-refractivity contribution in [2.24, 2.45) is 5.92 Å². The number of nitrogens with zero attached hydrogens (tertiary/aromatic N) is 1. The van der Waals surface area contributed by atoms with Gasteiger partial charge >= 0.3 is 5.97 Å². The minimum absolute atomic E-state index is 0.0551. The smallest absolute Gasteiger partial charge is 0.311 e. The summed E-state index contributed by atoms with van der Waals surface area (Å²) in [5.41, 5.74) is 0.959. The molecule has 1 aliphatic heterocycles. The first kappa shape index (κ1) is 20.3. The fourth-order valence-corrected chi connectivity index (χ4v) is 3.00. The number of ketones is 1. The van der Waals surface area contributed by atoms with Crippen LogP contribution in [-0.4, -0.2) is 41.6 Å². The molecular weight excluding hydrogens is 376 g/mol. The van der Waals surface area contributed by atoms with Crippen molar-refractivity contribution in [3.8, 4) is 0 Å². The van der Waals surface area contributed by atoms with Crippen LogP contribution in [0.15, 0.2) is 47.1 Å². The van der Waals surface area contributed by atoms with Crippen LogP contribution in [0.5, 0.6) is 0 Å². The summed E-state index contributed by atoms with van der Waals surface area (Å²) in [6.45, 7) is 1.88. The molecule has 0 aliphatic carbocycles. The number of likely N-dealkylation sites (tertiary alicyclic amines) is 1. The molecule has 1 saturated heterocycles. The number of benzene rings is 1. The van der Waals surface area contributed by atoms with Crippen molar-refractivity contribution in [2.45, 2.75) is 26.3 Å². The number of ether oxygens (including phenoxy) is 1. The maximum Gasteiger partial charge on any atom is 0.311 e. The van der Waals surface area contributed by atoms with Gasteiger partial charge in [-0.1, -0.05) is 6.92 Å². The number of anilines is 1. The molecule has 0 saturated carbocycles. The average Bonchev–Trinajstić information content (AvgIpc) is 3.36. The molecule has 152 valence electrons. The van der Waals surface area contributed by atoms with Crippen molar-refractivity contribution >= 4 is 29.3 Å². The Hall–Kier alpha value is -3.42. The second-order valence-electron chi connectivity index (χ2n) is 6.76. The zero-order valence-electron chi connectivity index (χ0n) is 16.1. The SMILES string of the molecule is CCC(=O)Nc1ccc(C(=O)COC(=O)[C@H]2CC(=O)N(Cc3ccco3)C2)cc1. The van der Waals surface area contributed by atoms with Gasteiger partial charge in [0, 0.05) is 30.6 Å². The fourth-order valence-electron chi connectivity index (χ4n) is 3.00. The van der Waals surface area contributed by atoms with E-state index in [9.17, 15) is 19.2 Å². The van der Waals surface area contributed by atoms with Gasteiger partial charge in [-0.3, -0.25) is 19.2 Å². The van der Waals surface area contributed by atoms with E-state index in [1.807, 2.05) is 0 Å². The third-order valence-corrected chi connectivity index (χ3v) is 4.63. The van der Waals surface area contributed by atoms with Crippen LogP contribution < -0.4 is 5.32 Å². The van der Waals surface area contributed by atoms with E-state index in [2.05, 4.69) is 5.32 Å². The van der Waals surface area contributed by atoms with E-state index >= 15 is 0 Å². The highest BCUT2D eigenvalue weighted by Crippen LogP contribution is 2.21. The highest BCUT2D eigenvalue weighted by atomic mass is 16.5. The second-order valence-corrected chi connectivity index (χ2v) is 6.76. The van der Waals surface area contributed by atoms with Gasteiger partial charge in [-0.25, -0.2) is 0 Å². The minimum atomic E-state index is -0.600. The van der Waals surface area contributed by atoms with Crippen LogP contribution in [-0.2, 0) is 25.7 Å². The zero-order valence-corrected chi connectivity index (χ0v) is 16.1. The summed E-state index contributed by atoms with van der Waals surface area (Å²) in [7, 11) is 0. The standard InChI is InChI=1S/C21H22N2O6/c1-2-19(25)22-16-7-5-14(6-8-16)18(24)13-29-21(27)15-10-20(26)23(11-15)12-17-4-3-9-28-17/h3-9,15H,2,10-13H2,1H3,(H,22,25)/t15-/m0/s1. The largest absolute Gasteiger partial charge is 0.467 e. The topological polar surface area (TPSA) is 106 Å². The number of hydrogen-bond acceptors (Lipinski definition) is 6. The first-order chi connectivity index (χ1) is 14.0. The number of carbonyl (C=O) groups excluding carboxylic acids is 4. The molecule has 2 aromatic rings. The van der Waals surface area contributed by atoms with Gasteiger partial charge < -0.3 is 19.4 Å². The molecule has 1 aliphatic rings. The van der Waals surface area contributed by atoms with E-state index in [0.29, 0.717) is 30.0 Å². The number of Topliss-reactive ketones (excluding diaryl/α,β-unsaturated/α-hetero) is 1. The van der Waals surface area contributed by atoms with E-state index in [4.69, 9.17) is 9.15 Å². The van der Waals surface area contributed by atoms with Crippen LogP contribution in [0.25, 0.3) is 0 Å². The van der Waals surface area contributed by atoms with Crippen LogP contribution >= 0.6 is 0 Å². The summed E-state index contributed by atoms with van der Waals surface area (Å²) in [6, 6.07) is 9.85. The first-order valence-corrected chi connectivity index (χ1v) is 9.36. The van der Waals surface area contributed by atoms with E-state index in [-0.39, 0.29) is 30.6 Å². The van der Waals surface area contributed by atoms with Gasteiger partial charge in [-0.15, -0.1) is 0 Å². The second kappa shape index (κ2) is 9.18. The number of nitrogens with one attached hydrogen (secondary N) is 1. The molecule has 8 nitrogen and oxygen atoms in total. The van der Waals surface area contributed by atoms with Crippen LogP contribution in [0, 0.1) is 5.92 Å². The predicted molar refractivity (Wildman–Crippen MR) is 103 cm³/mol. The Balaban J connectivity index is 1.48. The van der Waals surface area contributed by atoms with Crippen molar-refractivity contribution in [3.63, 3.8) is 0 Å². The molecule has 0 radical (unpaired) electrons. The van der Waals surface area contributed by atoms with Gasteiger partial charge in [0.1, 0.15) is 5.76 Å². The summed E-state index contributed by atoms with van der Waals surface area (Å²) in [4.78, 5) is 49.5. The summed E-state index contributed by atoms with van der Waals surface area (Å²) < 4.78 is 10.4. The van der Waals surface area contributed by atoms with E-state index in [1.165, 1.54) is 11.2 Å². The van der Waals surface area contributed by atoms with Crippen molar-refractivity contribution in [1.82, 2.24) is 4.90 Å². The summed E-state index contributed by atoms with van der Waals surface area (Å²) in [6.07, 6.45) is 1.94. The van der Waals surface area contributed by atoms with Gasteiger partial charge in [-0.2, -0.15) is 0 Å². The molecule has 0 unspecified atom stereocenters. The summed E-state index contributed by atoms with van der Waals surface area (Å²) in [5, 5.41) is 2.69. The van der Waals surface area contributed by atoms with Crippen molar-refractivity contribution in [2.75, 3.05) is 18.5 Å². The molecule has 3 rings (SSSR count). The molecule has 2 heterocycles. The molecule has 1 aromatic heterocycles. The summed E-state index contributed by atoms with van der Waals surface area (Å²) in [5.74, 6) is -1.16. The molecule has 0 spiro atoms. The Kier molecular flexibility index (Phi) is 6.43. The number of carbonyl (C=O) groups is 4. The molecule has 29 heavy (non-hydrogen) atoms. The Labute approximate surface area is 167 Å². The van der Waals surface area contributed by atoms with Crippen LogP contribution in [0.2, 0.25) is 0 Å². The minimum Gasteiger partial charge on any atom is -0.467 e. The zero-order chi connectivity index (χ0) is 20.8. The molecular formula is C21H22N2O6. The number of esters is 1. The monoisotopic (exact) mass is 398 g/mol. The molecule has 1 atom stereocenters. The van der Waals surface area contributed by atoms with Crippen LogP contribution in [0.1, 0.15) is 35.9 Å². The molecule has 1 aromatic carbocycles. The lowest BCUT2D eigenvalue weighted by molar-refractivity contribution is -0.147. The predicted octanol–water partition coefficient (Wildman–Crippen LogP) is 2.40. The van der Waals surface area contributed by atoms with Crippen LogP contribution in [0.3, 0.4) is 0 Å². The summed E-state index contributed by atoms with van der Waals surface area (Å²) >= 11 is 0. The molecule has 1 fully saturated rings. The molecule has 2 amide bonds. The van der Waals surface area contributed by atoms with Crippen molar-refractivity contribution < 1.29 is 28.3 Å². The lowest BCUT2D eigenvalue weighted by Gasteiger charge is -2.14. The molecule has 1 N–H and O–H groups in total. The molecule has 0 bridgehead atoms. The van der Waals surface area contributed by atoms with Gasteiger partial charge in [0.05, 0.1) is 18.7 Å². The average molecular weight is 398 g/mol. The Morgan fingerprint density at radius 2 is 1.97 bits per heavy atom. The fraction of sp³-hybridized carbons (Fsp3) is 0.333. The van der Waals surface area contributed by atoms with Gasteiger partial charge in [-0.05, 0) is 36.4 Å². The lowest BCUT2D eigenvalue weighted by atomic mass is 10.1. The Bertz CT molecular complexity index is 888. The first-order valence-electron chi connectivity index (χ1n) is 9.36. The quantitative estimate of drug-likeness (QED) is 0.541. The lowest BCUT2D eigenvalue weighted by Crippen LogP contribution is -2.27. The normalized spacial score (nSPS) is 16.0. The Morgan fingerprint density at radius 1 is 1.21 bits per heavy atom. The number of hydrogen-bond donors (Lipinski definition) is 1. The maximum atomic E-state index is 12.3. The van der Waals surface area contributed by atoms with Gasteiger partial charge in [0.2, 0.25) is 11.8 Å². The van der Waals surface area contributed by atoms with Crippen LogP contribution in [0.4, 0.5) is 5.69 Å². The highest BCUT2D eigenvalue weighted by molar-refractivity contribution is 5.99. The Morgan fingerprint density at radius 3 is 2.62 bits per heavy atom. The third kappa shape index (κ3) is 5.31. The van der Waals surface area contributed by atoms with E-state index in [0.717, 1.165) is 0 Å². The van der Waals surface area contributed by atoms with E-state index in [1.54, 1.807) is 43.3 Å². The highest BCUT2D eigenvalue weighted by Gasteiger charge is 2.35. The van der Waals surface area contributed by atoms with Gasteiger partial charge in [0.25, 0.3) is 0 Å². The number of rotatable bonds is 8. The number of furan rings is 1.